The van der Waals surface area contributed by atoms with Crippen molar-refractivity contribution in [2.24, 2.45) is 5.73 Å². The third-order valence-corrected chi connectivity index (χ3v) is 4.41. The van der Waals surface area contributed by atoms with Gasteiger partial charge in [0.2, 0.25) is 6.41 Å². The summed E-state index contributed by atoms with van der Waals surface area (Å²) in [5.74, 6) is -1.06. The quantitative estimate of drug-likeness (QED) is 0.313. The molecule has 2 rings (SSSR count). The third kappa shape index (κ3) is 4.04. The van der Waals surface area contributed by atoms with Crippen LogP contribution in [0.5, 0.6) is 0 Å². The van der Waals surface area contributed by atoms with Crippen LogP contribution in [-0.2, 0) is 19.1 Å². The predicted octanol–water partition coefficient (Wildman–Crippen LogP) is 2.19. The number of non-ortho nitro benzene ring substituents is 1. The van der Waals surface area contributed by atoms with E-state index in [1.807, 2.05) is 0 Å². The van der Waals surface area contributed by atoms with Gasteiger partial charge in [0.05, 0.1) is 28.7 Å². The number of ether oxygens (including phenoxy) is 2. The van der Waals surface area contributed by atoms with Crippen LogP contribution < -0.4 is 5.73 Å². The van der Waals surface area contributed by atoms with E-state index in [0.717, 1.165) is 0 Å². The molecule has 9 heteroatoms. The van der Waals surface area contributed by atoms with Gasteiger partial charge in [-0.25, -0.2) is 4.79 Å². The molecule has 0 spiro atoms. The molecule has 28 heavy (non-hydrogen) atoms. The van der Waals surface area contributed by atoms with E-state index in [-0.39, 0.29) is 31.0 Å². The Balaban J connectivity index is 2.72. The van der Waals surface area contributed by atoms with Gasteiger partial charge in [0, 0.05) is 24.4 Å². The van der Waals surface area contributed by atoms with E-state index in [1.165, 1.54) is 23.1 Å². The number of nitrogens with zero attached hydrogens (tertiary/aromatic N) is 2. The summed E-state index contributed by atoms with van der Waals surface area (Å²) in [6.07, 6.45) is 0.583. The van der Waals surface area contributed by atoms with Crippen LogP contribution in [0.2, 0.25) is 0 Å². The number of hydrogen-bond donors (Lipinski definition) is 1. The number of benzene rings is 1. The molecule has 1 aliphatic heterocycles. The molecular weight excluding hydrogens is 366 g/mol. The Labute approximate surface area is 162 Å². The summed E-state index contributed by atoms with van der Waals surface area (Å²) in [6, 6.07) is 5.95. The molecule has 1 aliphatic rings. The highest BCUT2D eigenvalue weighted by molar-refractivity contribution is 5.93. The SMILES string of the molecule is CCOC(=O)C1=C(C)N(C=O)C(C)=C(OCCN)C1c1cccc([N+](=O)[O-])c1. The number of allylic oxidation sites excluding steroid dienone is 3. The number of hydrogen-bond acceptors (Lipinski definition) is 7. The maximum atomic E-state index is 12.7. The van der Waals surface area contributed by atoms with E-state index in [4.69, 9.17) is 15.2 Å². The molecule has 1 heterocycles. The summed E-state index contributed by atoms with van der Waals surface area (Å²) in [5, 5.41) is 11.2. The zero-order valence-corrected chi connectivity index (χ0v) is 16.0. The Kier molecular flexibility index (Phi) is 6.89. The number of nitro benzene ring substituents is 1. The monoisotopic (exact) mass is 389 g/mol. The number of amides is 1. The number of nitro groups is 1. The fourth-order valence-electron chi connectivity index (χ4n) is 3.17. The molecule has 0 bridgehead atoms. The van der Waals surface area contributed by atoms with Crippen LogP contribution in [0, 0.1) is 10.1 Å². The average molecular weight is 389 g/mol. The number of esters is 1. The standard InChI is InChI=1S/C19H23N3O6/c1-4-27-19(24)16-12(2)21(11-23)13(3)18(28-9-8-20)17(16)14-6-5-7-15(10-14)22(25)26/h5-7,10-11,17H,4,8-9,20H2,1-3H3. The van der Waals surface area contributed by atoms with E-state index in [2.05, 4.69) is 0 Å². The van der Waals surface area contributed by atoms with Crippen molar-refractivity contribution in [3.8, 4) is 0 Å². The van der Waals surface area contributed by atoms with E-state index in [0.29, 0.717) is 29.1 Å². The summed E-state index contributed by atoms with van der Waals surface area (Å²) in [7, 11) is 0. The molecule has 1 unspecified atom stereocenters. The van der Waals surface area contributed by atoms with Gasteiger partial charge in [0.1, 0.15) is 12.4 Å². The normalized spacial score (nSPS) is 16.9. The highest BCUT2D eigenvalue weighted by Crippen LogP contribution is 2.42. The first kappa shape index (κ1) is 21.1. The summed E-state index contributed by atoms with van der Waals surface area (Å²) >= 11 is 0. The molecule has 9 nitrogen and oxygen atoms in total. The van der Waals surface area contributed by atoms with E-state index >= 15 is 0 Å². The van der Waals surface area contributed by atoms with Gasteiger partial charge in [-0.2, -0.15) is 0 Å². The summed E-state index contributed by atoms with van der Waals surface area (Å²) < 4.78 is 11.0. The smallest absolute Gasteiger partial charge is 0.336 e. The lowest BCUT2D eigenvalue weighted by molar-refractivity contribution is -0.384. The first-order valence-electron chi connectivity index (χ1n) is 8.77. The van der Waals surface area contributed by atoms with E-state index in [9.17, 15) is 19.7 Å². The Bertz CT molecular complexity index is 846. The van der Waals surface area contributed by atoms with Gasteiger partial charge >= 0.3 is 5.97 Å². The first-order chi connectivity index (χ1) is 13.4. The molecular formula is C19H23N3O6. The molecule has 0 saturated carbocycles. The Morgan fingerprint density at radius 3 is 2.64 bits per heavy atom. The van der Waals surface area contributed by atoms with Gasteiger partial charge in [-0.3, -0.25) is 19.8 Å². The lowest BCUT2D eigenvalue weighted by Crippen LogP contribution is -2.33. The molecule has 150 valence electrons. The zero-order chi connectivity index (χ0) is 20.8. The van der Waals surface area contributed by atoms with Crippen molar-refractivity contribution in [2.75, 3.05) is 19.8 Å². The molecule has 1 amide bonds. The van der Waals surface area contributed by atoms with Gasteiger partial charge in [-0.1, -0.05) is 12.1 Å². The van der Waals surface area contributed by atoms with Crippen LogP contribution in [0.25, 0.3) is 0 Å². The maximum absolute atomic E-state index is 12.7. The molecule has 0 radical (unpaired) electrons. The van der Waals surface area contributed by atoms with Gasteiger partial charge in [-0.15, -0.1) is 0 Å². The highest BCUT2D eigenvalue weighted by atomic mass is 16.6. The number of carbonyl (C=O) groups is 2. The van der Waals surface area contributed by atoms with Crippen molar-refractivity contribution < 1.29 is 24.0 Å². The Morgan fingerprint density at radius 1 is 1.36 bits per heavy atom. The number of carbonyl (C=O) groups excluding carboxylic acids is 2. The Hall–Kier alpha value is -3.20. The van der Waals surface area contributed by atoms with Gasteiger partial charge in [0.25, 0.3) is 5.69 Å². The molecule has 1 atom stereocenters. The topological polar surface area (TPSA) is 125 Å². The van der Waals surface area contributed by atoms with Crippen molar-refractivity contribution in [2.45, 2.75) is 26.7 Å². The second-order valence-electron chi connectivity index (χ2n) is 6.07. The van der Waals surface area contributed by atoms with Crippen LogP contribution in [0.15, 0.2) is 47.0 Å². The Morgan fingerprint density at radius 2 is 2.07 bits per heavy atom. The van der Waals surface area contributed by atoms with Crippen molar-refractivity contribution in [3.63, 3.8) is 0 Å². The molecule has 2 N–H and O–H groups in total. The second-order valence-corrected chi connectivity index (χ2v) is 6.07. The van der Waals surface area contributed by atoms with Crippen LogP contribution in [0.3, 0.4) is 0 Å². The van der Waals surface area contributed by atoms with Crippen molar-refractivity contribution in [1.82, 2.24) is 4.90 Å². The molecule has 0 aromatic heterocycles. The van der Waals surface area contributed by atoms with Crippen LogP contribution in [0.4, 0.5) is 5.69 Å². The molecule has 0 aliphatic carbocycles. The second kappa shape index (κ2) is 9.14. The van der Waals surface area contributed by atoms with Gasteiger partial charge in [-0.05, 0) is 26.3 Å². The average Bonchev–Trinajstić information content (AvgIpc) is 2.67. The molecule has 1 aromatic rings. The fourth-order valence-corrected chi connectivity index (χ4v) is 3.17. The summed E-state index contributed by atoms with van der Waals surface area (Å²) in [4.78, 5) is 36.4. The van der Waals surface area contributed by atoms with Gasteiger partial charge < -0.3 is 15.2 Å². The van der Waals surface area contributed by atoms with Crippen LogP contribution in [-0.4, -0.2) is 42.0 Å². The minimum absolute atomic E-state index is 0.119. The number of nitrogens with two attached hydrogens (primary N) is 1. The van der Waals surface area contributed by atoms with Crippen molar-refractivity contribution in [1.29, 1.82) is 0 Å². The summed E-state index contributed by atoms with van der Waals surface area (Å²) in [6.45, 7) is 5.48. The van der Waals surface area contributed by atoms with Crippen LogP contribution in [0.1, 0.15) is 32.3 Å². The minimum atomic E-state index is -0.762. The predicted molar refractivity (Wildman–Crippen MR) is 101 cm³/mol. The third-order valence-electron chi connectivity index (χ3n) is 4.41. The number of rotatable bonds is 8. The fraction of sp³-hybridized carbons (Fsp3) is 0.368. The molecule has 0 saturated heterocycles. The zero-order valence-electron chi connectivity index (χ0n) is 16.0. The largest absolute Gasteiger partial charge is 0.494 e. The van der Waals surface area contributed by atoms with Gasteiger partial charge in [0.15, 0.2) is 0 Å². The highest BCUT2D eigenvalue weighted by Gasteiger charge is 2.38. The molecule has 1 aromatic carbocycles. The lowest BCUT2D eigenvalue weighted by Gasteiger charge is -2.35. The maximum Gasteiger partial charge on any atom is 0.336 e. The van der Waals surface area contributed by atoms with Crippen molar-refractivity contribution in [3.05, 3.63) is 62.7 Å². The van der Waals surface area contributed by atoms with Crippen molar-refractivity contribution >= 4 is 18.1 Å². The summed E-state index contributed by atoms with van der Waals surface area (Å²) in [5.41, 5.74) is 6.96. The van der Waals surface area contributed by atoms with E-state index in [1.54, 1.807) is 26.8 Å². The van der Waals surface area contributed by atoms with E-state index < -0.39 is 16.8 Å². The first-order valence-corrected chi connectivity index (χ1v) is 8.77. The minimum Gasteiger partial charge on any atom is -0.494 e. The van der Waals surface area contributed by atoms with Crippen LogP contribution >= 0.6 is 0 Å². The lowest BCUT2D eigenvalue weighted by atomic mass is 9.84. The molecule has 0 fully saturated rings.